The maximum Gasteiger partial charge on any atom is 0.326 e. The molecule has 94 valence electrons. The molecule has 1 atom stereocenters. The smallest absolute Gasteiger partial charge is 0.326 e. The highest BCUT2D eigenvalue weighted by Gasteiger charge is 2.23. The fraction of sp³-hybridized carbons (Fsp3) is 0.500. The quantitative estimate of drug-likeness (QED) is 0.853. The summed E-state index contributed by atoms with van der Waals surface area (Å²) in [6, 6.07) is 5.58. The van der Waals surface area contributed by atoms with E-state index in [-0.39, 0.29) is 0 Å². The minimum absolute atomic E-state index is 0.444. The van der Waals surface area contributed by atoms with E-state index in [4.69, 9.17) is 0 Å². The highest BCUT2D eigenvalue weighted by molar-refractivity contribution is 5.78. The van der Waals surface area contributed by atoms with Crippen molar-refractivity contribution in [1.29, 1.82) is 0 Å². The van der Waals surface area contributed by atoms with Crippen molar-refractivity contribution in [1.82, 2.24) is 0 Å². The second kappa shape index (κ2) is 5.71. The molecule has 0 aliphatic heterocycles. The summed E-state index contributed by atoms with van der Waals surface area (Å²) in [6.07, 6.45) is 0.608. The monoisotopic (exact) mass is 235 g/mol. The number of anilines is 1. The van der Waals surface area contributed by atoms with Gasteiger partial charge < -0.3 is 10.0 Å². The number of likely N-dealkylation sites (N-methyl/N-ethyl adjacent to an activating group) is 1. The van der Waals surface area contributed by atoms with Crippen LogP contribution >= 0.6 is 0 Å². The van der Waals surface area contributed by atoms with E-state index < -0.39 is 12.0 Å². The van der Waals surface area contributed by atoms with Crippen molar-refractivity contribution in [3.63, 3.8) is 0 Å². The van der Waals surface area contributed by atoms with Crippen molar-refractivity contribution in [2.24, 2.45) is 0 Å². The molecule has 1 unspecified atom stereocenters. The van der Waals surface area contributed by atoms with E-state index in [0.29, 0.717) is 13.0 Å². The van der Waals surface area contributed by atoms with Crippen molar-refractivity contribution in [2.45, 2.75) is 40.2 Å². The van der Waals surface area contributed by atoms with Gasteiger partial charge in [0.2, 0.25) is 0 Å². The van der Waals surface area contributed by atoms with E-state index >= 15 is 0 Å². The summed E-state index contributed by atoms with van der Waals surface area (Å²) in [4.78, 5) is 13.2. The molecule has 0 radical (unpaired) electrons. The van der Waals surface area contributed by atoms with Gasteiger partial charge in [-0.05, 0) is 44.4 Å². The van der Waals surface area contributed by atoms with E-state index in [1.54, 1.807) is 0 Å². The number of aliphatic carboxylic acids is 1. The van der Waals surface area contributed by atoms with E-state index in [1.165, 1.54) is 5.56 Å². The molecule has 0 saturated carbocycles. The van der Waals surface area contributed by atoms with Gasteiger partial charge in [0, 0.05) is 12.2 Å². The van der Waals surface area contributed by atoms with Crippen LogP contribution in [0.25, 0.3) is 0 Å². The zero-order chi connectivity index (χ0) is 13.0. The Morgan fingerprint density at radius 1 is 1.35 bits per heavy atom. The molecule has 3 heteroatoms. The average molecular weight is 235 g/mol. The molecule has 0 bridgehead atoms. The molecule has 0 saturated heterocycles. The van der Waals surface area contributed by atoms with Gasteiger partial charge in [-0.3, -0.25) is 0 Å². The molecular formula is C14H21NO2. The SMILES string of the molecule is CCC(C(=O)O)N(CC)c1cccc(C)c1C. The lowest BCUT2D eigenvalue weighted by Gasteiger charge is -2.31. The number of nitrogens with zero attached hydrogens (tertiary/aromatic N) is 1. The third-order valence-corrected chi connectivity index (χ3v) is 3.27. The van der Waals surface area contributed by atoms with Gasteiger partial charge in [-0.2, -0.15) is 0 Å². The van der Waals surface area contributed by atoms with Crippen molar-refractivity contribution < 1.29 is 9.90 Å². The molecule has 0 heterocycles. The van der Waals surface area contributed by atoms with E-state index in [0.717, 1.165) is 11.3 Å². The molecule has 0 aromatic heterocycles. The van der Waals surface area contributed by atoms with Crippen molar-refractivity contribution >= 4 is 11.7 Å². The number of carboxylic acids is 1. The zero-order valence-electron chi connectivity index (χ0n) is 11.0. The molecule has 3 nitrogen and oxygen atoms in total. The normalized spacial score (nSPS) is 12.2. The molecule has 1 N–H and O–H groups in total. The van der Waals surface area contributed by atoms with Crippen LogP contribution in [0.5, 0.6) is 0 Å². The molecule has 1 aromatic carbocycles. The predicted molar refractivity (Wildman–Crippen MR) is 70.7 cm³/mol. The van der Waals surface area contributed by atoms with Crippen LogP contribution in [0.1, 0.15) is 31.4 Å². The third-order valence-electron chi connectivity index (χ3n) is 3.27. The fourth-order valence-electron chi connectivity index (χ4n) is 2.13. The van der Waals surface area contributed by atoms with Crippen LogP contribution in [0, 0.1) is 13.8 Å². The fourth-order valence-corrected chi connectivity index (χ4v) is 2.13. The van der Waals surface area contributed by atoms with Crippen molar-refractivity contribution in [2.75, 3.05) is 11.4 Å². The Kier molecular flexibility index (Phi) is 4.55. The first kappa shape index (κ1) is 13.6. The third kappa shape index (κ3) is 2.78. The molecule has 17 heavy (non-hydrogen) atoms. The van der Waals surface area contributed by atoms with Gasteiger partial charge in [-0.1, -0.05) is 19.1 Å². The second-order valence-electron chi connectivity index (χ2n) is 4.27. The summed E-state index contributed by atoms with van der Waals surface area (Å²) >= 11 is 0. The standard InChI is InChI=1S/C14H21NO2/c1-5-12(14(16)17)15(6-2)13-9-7-8-10(3)11(13)4/h7-9,12H,5-6H2,1-4H3,(H,16,17). The lowest BCUT2D eigenvalue weighted by molar-refractivity contribution is -0.138. The Morgan fingerprint density at radius 2 is 2.00 bits per heavy atom. The summed E-state index contributed by atoms with van der Waals surface area (Å²) < 4.78 is 0. The van der Waals surface area contributed by atoms with E-state index in [9.17, 15) is 9.90 Å². The summed E-state index contributed by atoms with van der Waals surface area (Å²) in [5.74, 6) is -0.754. The maximum atomic E-state index is 11.3. The van der Waals surface area contributed by atoms with Gasteiger partial charge in [0.25, 0.3) is 0 Å². The van der Waals surface area contributed by atoms with Crippen LogP contribution in [0.15, 0.2) is 18.2 Å². The number of carbonyl (C=O) groups is 1. The summed E-state index contributed by atoms with van der Waals surface area (Å²) in [5.41, 5.74) is 3.39. The zero-order valence-corrected chi connectivity index (χ0v) is 11.0. The Bertz CT molecular complexity index is 401. The first-order valence-corrected chi connectivity index (χ1v) is 6.08. The van der Waals surface area contributed by atoms with Crippen LogP contribution in [0.2, 0.25) is 0 Å². The highest BCUT2D eigenvalue weighted by atomic mass is 16.4. The Morgan fingerprint density at radius 3 is 2.47 bits per heavy atom. The lowest BCUT2D eigenvalue weighted by atomic mass is 10.0. The highest BCUT2D eigenvalue weighted by Crippen LogP contribution is 2.25. The Labute approximate surface area is 103 Å². The van der Waals surface area contributed by atoms with Gasteiger partial charge in [0.15, 0.2) is 0 Å². The van der Waals surface area contributed by atoms with Crippen LogP contribution in [-0.4, -0.2) is 23.7 Å². The van der Waals surface area contributed by atoms with Gasteiger partial charge in [0.05, 0.1) is 0 Å². The van der Waals surface area contributed by atoms with Crippen LogP contribution in [0.4, 0.5) is 5.69 Å². The number of hydrogen-bond acceptors (Lipinski definition) is 2. The molecule has 0 amide bonds. The molecule has 1 aromatic rings. The lowest BCUT2D eigenvalue weighted by Crippen LogP contribution is -2.41. The van der Waals surface area contributed by atoms with Gasteiger partial charge in [0.1, 0.15) is 6.04 Å². The number of aryl methyl sites for hydroxylation is 1. The Balaban J connectivity index is 3.17. The molecule has 0 spiro atoms. The minimum Gasteiger partial charge on any atom is -0.480 e. The topological polar surface area (TPSA) is 40.5 Å². The summed E-state index contributed by atoms with van der Waals surface area (Å²) in [5, 5.41) is 9.25. The number of rotatable bonds is 5. The van der Waals surface area contributed by atoms with Gasteiger partial charge >= 0.3 is 5.97 Å². The van der Waals surface area contributed by atoms with Crippen LogP contribution < -0.4 is 4.90 Å². The van der Waals surface area contributed by atoms with Gasteiger partial charge in [-0.25, -0.2) is 4.79 Å². The first-order chi connectivity index (χ1) is 8.02. The van der Waals surface area contributed by atoms with Gasteiger partial charge in [-0.15, -0.1) is 0 Å². The number of benzene rings is 1. The summed E-state index contributed by atoms with van der Waals surface area (Å²) in [7, 11) is 0. The van der Waals surface area contributed by atoms with Crippen LogP contribution in [0.3, 0.4) is 0 Å². The molecule has 1 rings (SSSR count). The van der Waals surface area contributed by atoms with E-state index in [2.05, 4.69) is 0 Å². The second-order valence-corrected chi connectivity index (χ2v) is 4.27. The molecule has 0 aliphatic rings. The predicted octanol–water partition coefficient (Wildman–Crippen LogP) is 2.99. The number of hydrogen-bond donors (Lipinski definition) is 1. The Hall–Kier alpha value is -1.51. The number of carboxylic acid groups (broad SMARTS) is 1. The maximum absolute atomic E-state index is 11.3. The van der Waals surface area contributed by atoms with Crippen LogP contribution in [-0.2, 0) is 4.79 Å². The first-order valence-electron chi connectivity index (χ1n) is 6.08. The van der Waals surface area contributed by atoms with Crippen molar-refractivity contribution in [3.8, 4) is 0 Å². The molecule has 0 fully saturated rings. The largest absolute Gasteiger partial charge is 0.480 e. The van der Waals surface area contributed by atoms with Crippen molar-refractivity contribution in [3.05, 3.63) is 29.3 Å². The summed E-state index contributed by atoms with van der Waals surface area (Å²) in [6.45, 7) is 8.70. The molecular weight excluding hydrogens is 214 g/mol. The molecule has 0 aliphatic carbocycles. The minimum atomic E-state index is -0.754. The van der Waals surface area contributed by atoms with E-state index in [1.807, 2.05) is 50.8 Å². The average Bonchev–Trinajstić information content (AvgIpc) is 2.29.